The van der Waals surface area contributed by atoms with E-state index in [4.69, 9.17) is 0 Å². The molecular formula is C15H13F4N3O. The van der Waals surface area contributed by atoms with Gasteiger partial charge in [-0.2, -0.15) is 22.5 Å². The van der Waals surface area contributed by atoms with Crippen molar-refractivity contribution in [1.82, 2.24) is 4.98 Å². The van der Waals surface area contributed by atoms with E-state index in [1.54, 1.807) is 24.3 Å². The Bertz CT molecular complexity index is 693. The van der Waals surface area contributed by atoms with E-state index >= 15 is 0 Å². The number of hydrogen-bond donors (Lipinski definition) is 2. The Kier molecular flexibility index (Phi) is 5.15. The van der Waals surface area contributed by atoms with Crippen molar-refractivity contribution in [1.29, 1.82) is 0 Å². The van der Waals surface area contributed by atoms with Gasteiger partial charge < -0.3 is 10.6 Å². The van der Waals surface area contributed by atoms with Gasteiger partial charge in [-0.1, -0.05) is 12.1 Å². The number of benzene rings is 1. The highest BCUT2D eigenvalue weighted by Gasteiger charge is 2.20. The second-order valence-electron chi connectivity index (χ2n) is 4.75. The van der Waals surface area contributed by atoms with E-state index in [2.05, 4.69) is 15.6 Å². The van der Waals surface area contributed by atoms with Gasteiger partial charge in [0.05, 0.1) is 0 Å². The lowest BCUT2D eigenvalue weighted by atomic mass is 10.1. The zero-order valence-electron chi connectivity index (χ0n) is 12.1. The number of pyridine rings is 1. The van der Waals surface area contributed by atoms with Crippen LogP contribution in [0.15, 0.2) is 24.3 Å². The van der Waals surface area contributed by atoms with Crippen LogP contribution in [0, 0.1) is 23.5 Å². The molecule has 2 N–H and O–H groups in total. The summed E-state index contributed by atoms with van der Waals surface area (Å²) in [6.07, 6.45) is 0.352. The fourth-order valence-corrected chi connectivity index (χ4v) is 1.93. The van der Waals surface area contributed by atoms with Gasteiger partial charge in [0, 0.05) is 19.2 Å². The summed E-state index contributed by atoms with van der Waals surface area (Å²) in [5.74, 6) is -6.74. The zero-order valence-corrected chi connectivity index (χ0v) is 12.1. The molecule has 4 nitrogen and oxygen atoms in total. The molecule has 0 aliphatic heterocycles. The molecule has 0 aliphatic rings. The number of halogens is 4. The van der Waals surface area contributed by atoms with Crippen molar-refractivity contribution in [3.05, 3.63) is 53.4 Å². The number of carbonyl (C=O) groups is 1. The first-order chi connectivity index (χ1) is 10.9. The van der Waals surface area contributed by atoms with E-state index < -0.39 is 29.2 Å². The molecule has 0 aliphatic carbocycles. The van der Waals surface area contributed by atoms with E-state index in [-0.39, 0.29) is 12.5 Å². The number of nitrogens with zero attached hydrogens (tertiary/aromatic N) is 1. The lowest BCUT2D eigenvalue weighted by Gasteiger charge is -2.10. The van der Waals surface area contributed by atoms with Crippen LogP contribution in [0.4, 0.5) is 28.9 Å². The minimum atomic E-state index is -1.70. The fraction of sp³-hybridized carbons (Fsp3) is 0.200. The highest BCUT2D eigenvalue weighted by molar-refractivity contribution is 5.88. The van der Waals surface area contributed by atoms with Crippen LogP contribution in [0.2, 0.25) is 0 Å². The van der Waals surface area contributed by atoms with Crippen molar-refractivity contribution in [2.75, 3.05) is 17.2 Å². The van der Waals surface area contributed by atoms with Crippen LogP contribution in [0.3, 0.4) is 0 Å². The first-order valence-electron chi connectivity index (χ1n) is 6.69. The van der Waals surface area contributed by atoms with Crippen molar-refractivity contribution >= 4 is 17.3 Å². The summed E-state index contributed by atoms with van der Waals surface area (Å²) >= 11 is 0. The lowest BCUT2D eigenvalue weighted by molar-refractivity contribution is -0.114. The quantitative estimate of drug-likeness (QED) is 0.655. The van der Waals surface area contributed by atoms with Gasteiger partial charge in [0.25, 0.3) is 11.9 Å². The van der Waals surface area contributed by atoms with E-state index in [0.717, 1.165) is 5.56 Å². The number of aromatic nitrogens is 1. The van der Waals surface area contributed by atoms with Gasteiger partial charge in [-0.15, -0.1) is 0 Å². The Morgan fingerprint density at radius 1 is 1.04 bits per heavy atom. The van der Waals surface area contributed by atoms with Crippen molar-refractivity contribution in [2.24, 2.45) is 0 Å². The maximum atomic E-state index is 13.4. The van der Waals surface area contributed by atoms with E-state index in [1.807, 2.05) is 0 Å². The Labute approximate surface area is 129 Å². The molecule has 23 heavy (non-hydrogen) atoms. The summed E-state index contributed by atoms with van der Waals surface area (Å²) in [5, 5.41) is 4.92. The van der Waals surface area contributed by atoms with Crippen molar-refractivity contribution < 1.29 is 22.4 Å². The average molecular weight is 327 g/mol. The Morgan fingerprint density at radius 2 is 1.61 bits per heavy atom. The van der Waals surface area contributed by atoms with Crippen LogP contribution in [0.5, 0.6) is 0 Å². The van der Waals surface area contributed by atoms with Crippen molar-refractivity contribution in [3.8, 4) is 0 Å². The highest BCUT2D eigenvalue weighted by Crippen LogP contribution is 2.22. The molecular weight excluding hydrogens is 314 g/mol. The average Bonchev–Trinajstić information content (AvgIpc) is 2.50. The molecule has 0 saturated heterocycles. The predicted molar refractivity (Wildman–Crippen MR) is 77.0 cm³/mol. The number of nitrogens with one attached hydrogen (secondary N) is 2. The molecule has 0 radical (unpaired) electrons. The number of anilines is 2. The summed E-state index contributed by atoms with van der Waals surface area (Å²) in [7, 11) is 0. The normalized spacial score (nSPS) is 10.5. The summed E-state index contributed by atoms with van der Waals surface area (Å²) in [6.45, 7) is 1.43. The molecule has 2 rings (SSSR count). The second-order valence-corrected chi connectivity index (χ2v) is 4.75. The Hall–Kier alpha value is -2.64. The standard InChI is InChI=1S/C15H13F4N3O/c1-8(23)21-10-4-2-9(3-5-10)6-7-20-13-11(16)14(18)22-15(19)12(13)17/h2-5H,6-7H2,1H3,(H,20,22)(H,21,23). The van der Waals surface area contributed by atoms with Gasteiger partial charge in [-0.3, -0.25) is 4.79 Å². The Balaban J connectivity index is 1.99. The van der Waals surface area contributed by atoms with Crippen molar-refractivity contribution in [2.45, 2.75) is 13.3 Å². The number of hydrogen-bond acceptors (Lipinski definition) is 3. The molecule has 1 aromatic heterocycles. The first-order valence-corrected chi connectivity index (χ1v) is 6.69. The zero-order chi connectivity index (χ0) is 17.0. The SMILES string of the molecule is CC(=O)Nc1ccc(CCNc2c(F)c(F)nc(F)c2F)cc1. The molecule has 1 amide bonds. The first kappa shape index (κ1) is 16.7. The second kappa shape index (κ2) is 7.08. The van der Waals surface area contributed by atoms with E-state index in [9.17, 15) is 22.4 Å². The molecule has 1 aromatic carbocycles. The number of carbonyl (C=O) groups excluding carboxylic acids is 1. The fourth-order valence-electron chi connectivity index (χ4n) is 1.93. The summed E-state index contributed by atoms with van der Waals surface area (Å²) < 4.78 is 52.7. The topological polar surface area (TPSA) is 54.0 Å². The van der Waals surface area contributed by atoms with Gasteiger partial charge in [-0.25, -0.2) is 0 Å². The lowest BCUT2D eigenvalue weighted by Crippen LogP contribution is -2.12. The van der Waals surface area contributed by atoms with Gasteiger partial charge in [0.15, 0.2) is 0 Å². The van der Waals surface area contributed by atoms with Crippen LogP contribution in [0.25, 0.3) is 0 Å². The van der Waals surface area contributed by atoms with Gasteiger partial charge in [0.1, 0.15) is 5.69 Å². The molecule has 0 spiro atoms. The van der Waals surface area contributed by atoms with Crippen LogP contribution >= 0.6 is 0 Å². The van der Waals surface area contributed by atoms with Crippen LogP contribution < -0.4 is 10.6 Å². The van der Waals surface area contributed by atoms with Crippen LogP contribution in [-0.4, -0.2) is 17.4 Å². The monoisotopic (exact) mass is 327 g/mol. The van der Waals surface area contributed by atoms with Crippen molar-refractivity contribution in [3.63, 3.8) is 0 Å². The summed E-state index contributed by atoms with van der Waals surface area (Å²) in [6, 6.07) is 6.77. The molecule has 8 heteroatoms. The molecule has 2 aromatic rings. The maximum Gasteiger partial charge on any atom is 0.253 e. The molecule has 0 saturated carbocycles. The van der Waals surface area contributed by atoms with Crippen LogP contribution in [0.1, 0.15) is 12.5 Å². The minimum Gasteiger partial charge on any atom is -0.380 e. The molecule has 0 bridgehead atoms. The minimum absolute atomic E-state index is 0.0518. The molecule has 0 atom stereocenters. The third kappa shape index (κ3) is 4.18. The third-order valence-corrected chi connectivity index (χ3v) is 2.99. The summed E-state index contributed by atoms with van der Waals surface area (Å²) in [5.41, 5.74) is 0.539. The maximum absolute atomic E-state index is 13.4. The third-order valence-electron chi connectivity index (χ3n) is 2.99. The largest absolute Gasteiger partial charge is 0.380 e. The van der Waals surface area contributed by atoms with Gasteiger partial charge in [0.2, 0.25) is 17.5 Å². The van der Waals surface area contributed by atoms with Gasteiger partial charge >= 0.3 is 0 Å². The smallest absolute Gasteiger partial charge is 0.253 e. The number of amides is 1. The predicted octanol–water partition coefficient (Wildman–Crippen LogP) is 3.25. The Morgan fingerprint density at radius 3 is 2.13 bits per heavy atom. The highest BCUT2D eigenvalue weighted by atomic mass is 19.2. The summed E-state index contributed by atoms with van der Waals surface area (Å²) in [4.78, 5) is 13.4. The van der Waals surface area contributed by atoms with Gasteiger partial charge in [-0.05, 0) is 24.1 Å². The molecule has 122 valence electrons. The number of rotatable bonds is 5. The molecule has 1 heterocycles. The van der Waals surface area contributed by atoms with E-state index in [0.29, 0.717) is 12.1 Å². The molecule has 0 fully saturated rings. The molecule has 0 unspecified atom stereocenters. The van der Waals surface area contributed by atoms with E-state index in [1.165, 1.54) is 6.92 Å². The van der Waals surface area contributed by atoms with Crippen LogP contribution in [-0.2, 0) is 11.2 Å².